The molecule has 0 bridgehead atoms. The summed E-state index contributed by atoms with van der Waals surface area (Å²) in [5, 5.41) is 7.28. The Morgan fingerprint density at radius 3 is 3.11 bits per heavy atom. The lowest BCUT2D eigenvalue weighted by molar-refractivity contribution is 0.360. The Morgan fingerprint density at radius 1 is 1.44 bits per heavy atom. The fraction of sp³-hybridized carbons (Fsp3) is 0.357. The minimum Gasteiger partial charge on any atom is -0.360 e. The molecule has 3 nitrogen and oxygen atoms in total. The summed E-state index contributed by atoms with van der Waals surface area (Å²) in [4.78, 5) is 0. The van der Waals surface area contributed by atoms with E-state index in [1.54, 1.807) is 6.07 Å². The van der Waals surface area contributed by atoms with E-state index in [-0.39, 0.29) is 11.9 Å². The Labute approximate surface area is 105 Å². The van der Waals surface area contributed by atoms with Crippen LogP contribution < -0.4 is 5.32 Å². The van der Waals surface area contributed by atoms with E-state index in [9.17, 15) is 4.39 Å². The highest BCUT2D eigenvalue weighted by molar-refractivity contribution is 5.35. The largest absolute Gasteiger partial charge is 0.360 e. The van der Waals surface area contributed by atoms with Crippen LogP contribution in [-0.2, 0) is 13.0 Å². The monoisotopic (exact) mass is 246 g/mol. The van der Waals surface area contributed by atoms with Gasteiger partial charge in [0.15, 0.2) is 5.76 Å². The lowest BCUT2D eigenvalue weighted by Gasteiger charge is -2.12. The van der Waals surface area contributed by atoms with Crippen molar-refractivity contribution < 1.29 is 8.91 Å². The van der Waals surface area contributed by atoms with Crippen LogP contribution >= 0.6 is 0 Å². The average Bonchev–Trinajstić information content (AvgIpc) is 2.92. The van der Waals surface area contributed by atoms with Crippen molar-refractivity contribution in [3.8, 4) is 0 Å². The molecule has 0 fully saturated rings. The van der Waals surface area contributed by atoms with Gasteiger partial charge in [0.1, 0.15) is 5.82 Å². The number of benzene rings is 1. The Bertz CT molecular complexity index is 565. The standard InChI is InChI=1S/C14H15FN2O/c1-9-6-12(18-17-9)8-16-14-5-2-10-7-11(15)3-4-13(10)14/h3-4,6-7,14,16H,2,5,8H2,1H3. The molecular formula is C14H15FN2O. The molecule has 1 aromatic heterocycles. The molecule has 1 aliphatic carbocycles. The van der Waals surface area contributed by atoms with Crippen LogP contribution in [0.3, 0.4) is 0 Å². The molecule has 0 radical (unpaired) electrons. The smallest absolute Gasteiger partial charge is 0.150 e. The van der Waals surface area contributed by atoms with Crippen LogP contribution in [0.15, 0.2) is 28.8 Å². The number of rotatable bonds is 3. The maximum atomic E-state index is 13.1. The van der Waals surface area contributed by atoms with E-state index >= 15 is 0 Å². The minimum atomic E-state index is -0.153. The van der Waals surface area contributed by atoms with Gasteiger partial charge in [-0.05, 0) is 43.0 Å². The summed E-state index contributed by atoms with van der Waals surface area (Å²) in [5.41, 5.74) is 3.20. The second kappa shape index (κ2) is 4.53. The van der Waals surface area contributed by atoms with E-state index in [4.69, 9.17) is 4.52 Å². The van der Waals surface area contributed by atoms with Crippen molar-refractivity contribution >= 4 is 0 Å². The average molecular weight is 246 g/mol. The van der Waals surface area contributed by atoms with Crippen LogP contribution in [0, 0.1) is 12.7 Å². The summed E-state index contributed by atoms with van der Waals surface area (Å²) in [6.07, 6.45) is 1.94. The first-order valence-corrected chi connectivity index (χ1v) is 6.16. The van der Waals surface area contributed by atoms with Crippen molar-refractivity contribution in [1.82, 2.24) is 10.5 Å². The minimum absolute atomic E-state index is 0.153. The number of hydrogen-bond acceptors (Lipinski definition) is 3. The summed E-state index contributed by atoms with van der Waals surface area (Å²) >= 11 is 0. The van der Waals surface area contributed by atoms with Gasteiger partial charge in [0, 0.05) is 12.1 Å². The van der Waals surface area contributed by atoms with Gasteiger partial charge in [0.05, 0.1) is 12.2 Å². The van der Waals surface area contributed by atoms with Crippen LogP contribution in [-0.4, -0.2) is 5.16 Å². The summed E-state index contributed by atoms with van der Waals surface area (Å²) in [6.45, 7) is 2.56. The first-order chi connectivity index (χ1) is 8.72. The topological polar surface area (TPSA) is 38.1 Å². The number of nitrogens with zero attached hydrogens (tertiary/aromatic N) is 1. The number of nitrogens with one attached hydrogen (secondary N) is 1. The van der Waals surface area contributed by atoms with Gasteiger partial charge in [0.25, 0.3) is 0 Å². The van der Waals surface area contributed by atoms with Crippen LogP contribution in [0.25, 0.3) is 0 Å². The van der Waals surface area contributed by atoms with Crippen molar-refractivity contribution in [3.05, 3.63) is 52.7 Å². The van der Waals surface area contributed by atoms with Crippen molar-refractivity contribution in [1.29, 1.82) is 0 Å². The van der Waals surface area contributed by atoms with Crippen LogP contribution in [0.4, 0.5) is 4.39 Å². The normalized spacial score (nSPS) is 18.0. The van der Waals surface area contributed by atoms with E-state index in [2.05, 4.69) is 10.5 Å². The highest BCUT2D eigenvalue weighted by Gasteiger charge is 2.22. The van der Waals surface area contributed by atoms with Gasteiger partial charge >= 0.3 is 0 Å². The fourth-order valence-corrected chi connectivity index (χ4v) is 2.52. The van der Waals surface area contributed by atoms with E-state index in [0.717, 1.165) is 29.9 Å². The van der Waals surface area contributed by atoms with E-state index in [1.807, 2.05) is 19.1 Å². The SMILES string of the molecule is Cc1cc(CNC2CCc3cc(F)ccc32)on1. The van der Waals surface area contributed by atoms with Crippen molar-refractivity contribution in [2.24, 2.45) is 0 Å². The van der Waals surface area contributed by atoms with Gasteiger partial charge in [-0.15, -0.1) is 0 Å². The first-order valence-electron chi connectivity index (χ1n) is 6.16. The Morgan fingerprint density at radius 2 is 2.33 bits per heavy atom. The molecule has 1 N–H and O–H groups in total. The van der Waals surface area contributed by atoms with Crippen molar-refractivity contribution in [2.45, 2.75) is 32.4 Å². The summed E-state index contributed by atoms with van der Waals surface area (Å²) in [7, 11) is 0. The van der Waals surface area contributed by atoms with Crippen molar-refractivity contribution in [3.63, 3.8) is 0 Å². The molecule has 1 atom stereocenters. The molecule has 1 aliphatic rings. The highest BCUT2D eigenvalue weighted by atomic mass is 19.1. The maximum Gasteiger partial charge on any atom is 0.150 e. The molecule has 1 unspecified atom stereocenters. The molecule has 0 spiro atoms. The molecule has 0 saturated heterocycles. The molecule has 0 amide bonds. The third kappa shape index (κ3) is 2.16. The molecule has 1 heterocycles. The second-order valence-electron chi connectivity index (χ2n) is 4.75. The van der Waals surface area contributed by atoms with Crippen molar-refractivity contribution in [2.75, 3.05) is 0 Å². The molecule has 3 rings (SSSR count). The maximum absolute atomic E-state index is 13.1. The molecule has 4 heteroatoms. The highest BCUT2D eigenvalue weighted by Crippen LogP contribution is 2.31. The van der Waals surface area contributed by atoms with Gasteiger partial charge < -0.3 is 9.84 Å². The Kier molecular flexibility index (Phi) is 2.88. The molecule has 0 saturated carbocycles. The molecule has 1 aromatic carbocycles. The third-order valence-electron chi connectivity index (χ3n) is 3.38. The number of aryl methyl sites for hydroxylation is 2. The first kappa shape index (κ1) is 11.4. The van der Waals surface area contributed by atoms with Crippen LogP contribution in [0.5, 0.6) is 0 Å². The molecule has 94 valence electrons. The molecule has 18 heavy (non-hydrogen) atoms. The number of aromatic nitrogens is 1. The zero-order valence-electron chi connectivity index (χ0n) is 10.2. The summed E-state index contributed by atoms with van der Waals surface area (Å²) < 4.78 is 18.3. The van der Waals surface area contributed by atoms with Crippen LogP contribution in [0.1, 0.15) is 35.0 Å². The third-order valence-corrected chi connectivity index (χ3v) is 3.38. The molecule has 0 aliphatic heterocycles. The molecular weight excluding hydrogens is 231 g/mol. The molecule has 2 aromatic rings. The quantitative estimate of drug-likeness (QED) is 0.905. The van der Waals surface area contributed by atoms with E-state index in [0.29, 0.717) is 6.54 Å². The number of halogens is 1. The Hall–Kier alpha value is -1.68. The predicted octanol–water partition coefficient (Wildman–Crippen LogP) is 2.90. The van der Waals surface area contributed by atoms with Crippen LogP contribution in [0.2, 0.25) is 0 Å². The summed E-state index contributed by atoms with van der Waals surface area (Å²) in [6, 6.07) is 7.24. The number of fused-ring (bicyclic) bond motifs is 1. The fourth-order valence-electron chi connectivity index (χ4n) is 2.52. The van der Waals surface area contributed by atoms with E-state index < -0.39 is 0 Å². The van der Waals surface area contributed by atoms with Gasteiger partial charge in [-0.3, -0.25) is 0 Å². The van der Waals surface area contributed by atoms with Gasteiger partial charge in [0.2, 0.25) is 0 Å². The van der Waals surface area contributed by atoms with Gasteiger partial charge in [-0.1, -0.05) is 11.2 Å². The lowest BCUT2D eigenvalue weighted by atomic mass is 10.1. The van der Waals surface area contributed by atoms with Gasteiger partial charge in [-0.2, -0.15) is 0 Å². The zero-order valence-corrected chi connectivity index (χ0v) is 10.2. The lowest BCUT2D eigenvalue weighted by Crippen LogP contribution is -2.18. The van der Waals surface area contributed by atoms with Gasteiger partial charge in [-0.25, -0.2) is 4.39 Å². The van der Waals surface area contributed by atoms with E-state index in [1.165, 1.54) is 11.6 Å². The predicted molar refractivity (Wildman–Crippen MR) is 65.5 cm³/mol. The summed E-state index contributed by atoms with van der Waals surface area (Å²) in [5.74, 6) is 0.684. The zero-order chi connectivity index (χ0) is 12.5. The second-order valence-corrected chi connectivity index (χ2v) is 4.75. The Balaban J connectivity index is 1.69. The number of hydrogen-bond donors (Lipinski definition) is 1.